The van der Waals surface area contributed by atoms with Crippen molar-refractivity contribution in [2.24, 2.45) is 0 Å². The van der Waals surface area contributed by atoms with Gasteiger partial charge in [-0.3, -0.25) is 5.32 Å². The van der Waals surface area contributed by atoms with E-state index in [1.165, 1.54) is 0 Å². The molecule has 0 saturated carbocycles. The van der Waals surface area contributed by atoms with Gasteiger partial charge in [0, 0.05) is 23.9 Å². The Morgan fingerprint density at radius 1 is 1.08 bits per heavy atom. The number of rotatable bonds is 6. The smallest absolute Gasteiger partial charge is 0.412 e. The maximum atomic E-state index is 11.8. The highest BCUT2D eigenvalue weighted by Crippen LogP contribution is 2.29. The van der Waals surface area contributed by atoms with Crippen molar-refractivity contribution in [3.8, 4) is 11.5 Å². The SMILES string of the molecule is COc1cc(N)ccc1OCCc1ccc(NC(=O)OC(C)(C)C)cc1. The summed E-state index contributed by atoms with van der Waals surface area (Å²) in [6, 6.07) is 12.8. The third kappa shape index (κ3) is 6.20. The third-order valence-corrected chi connectivity index (χ3v) is 3.44. The molecule has 0 radical (unpaired) electrons. The van der Waals surface area contributed by atoms with Gasteiger partial charge in [0.15, 0.2) is 11.5 Å². The van der Waals surface area contributed by atoms with E-state index in [4.69, 9.17) is 19.9 Å². The lowest BCUT2D eigenvalue weighted by atomic mass is 10.1. The molecule has 0 unspecified atom stereocenters. The fourth-order valence-electron chi connectivity index (χ4n) is 2.26. The highest BCUT2D eigenvalue weighted by atomic mass is 16.6. The largest absolute Gasteiger partial charge is 0.493 e. The van der Waals surface area contributed by atoms with Gasteiger partial charge in [0.1, 0.15) is 5.60 Å². The molecule has 3 N–H and O–H groups in total. The summed E-state index contributed by atoms with van der Waals surface area (Å²) in [5, 5.41) is 2.71. The van der Waals surface area contributed by atoms with E-state index in [1.54, 1.807) is 25.3 Å². The van der Waals surface area contributed by atoms with E-state index >= 15 is 0 Å². The summed E-state index contributed by atoms with van der Waals surface area (Å²) in [4.78, 5) is 11.8. The van der Waals surface area contributed by atoms with Crippen molar-refractivity contribution in [2.75, 3.05) is 24.8 Å². The van der Waals surface area contributed by atoms with Crippen LogP contribution in [0.1, 0.15) is 26.3 Å². The van der Waals surface area contributed by atoms with Gasteiger partial charge < -0.3 is 19.9 Å². The Labute approximate surface area is 154 Å². The maximum Gasteiger partial charge on any atom is 0.412 e. The van der Waals surface area contributed by atoms with Gasteiger partial charge in [-0.15, -0.1) is 0 Å². The minimum Gasteiger partial charge on any atom is -0.493 e. The normalized spacial score (nSPS) is 10.9. The van der Waals surface area contributed by atoms with E-state index in [-0.39, 0.29) is 0 Å². The summed E-state index contributed by atoms with van der Waals surface area (Å²) >= 11 is 0. The number of hydrogen-bond acceptors (Lipinski definition) is 5. The number of ether oxygens (including phenoxy) is 3. The van der Waals surface area contributed by atoms with Crippen LogP contribution in [0, 0.1) is 0 Å². The molecular formula is C20H26N2O4. The zero-order valence-electron chi connectivity index (χ0n) is 15.7. The minimum absolute atomic E-state index is 0.468. The Bertz CT molecular complexity index is 736. The standard InChI is InChI=1S/C20H26N2O4/c1-20(2,3)26-19(23)22-16-8-5-14(6-9-16)11-12-25-17-10-7-15(21)13-18(17)24-4/h5-10,13H,11-12,21H2,1-4H3,(H,22,23). The summed E-state index contributed by atoms with van der Waals surface area (Å²) in [6.07, 6.45) is 0.254. The van der Waals surface area contributed by atoms with Gasteiger partial charge in [-0.1, -0.05) is 12.1 Å². The first-order valence-corrected chi connectivity index (χ1v) is 8.42. The van der Waals surface area contributed by atoms with E-state index in [1.807, 2.05) is 45.0 Å². The van der Waals surface area contributed by atoms with E-state index < -0.39 is 11.7 Å². The fraction of sp³-hybridized carbons (Fsp3) is 0.350. The molecule has 0 bridgehead atoms. The molecule has 0 aliphatic rings. The number of nitrogens with one attached hydrogen (secondary N) is 1. The second-order valence-electron chi connectivity index (χ2n) is 6.83. The van der Waals surface area contributed by atoms with Crippen LogP contribution in [0.25, 0.3) is 0 Å². The summed E-state index contributed by atoms with van der Waals surface area (Å²) in [5.74, 6) is 1.27. The van der Waals surface area contributed by atoms with Crippen LogP contribution < -0.4 is 20.5 Å². The molecule has 6 nitrogen and oxygen atoms in total. The first kappa shape index (κ1) is 19.4. The Hall–Kier alpha value is -2.89. The number of benzene rings is 2. The summed E-state index contributed by atoms with van der Waals surface area (Å²) in [6.45, 7) is 5.97. The number of anilines is 2. The molecule has 6 heteroatoms. The molecule has 0 aliphatic heterocycles. The monoisotopic (exact) mass is 358 g/mol. The van der Waals surface area contributed by atoms with Gasteiger partial charge in [-0.2, -0.15) is 0 Å². The van der Waals surface area contributed by atoms with Crippen LogP contribution in [0.5, 0.6) is 11.5 Å². The molecular weight excluding hydrogens is 332 g/mol. The molecule has 0 saturated heterocycles. The molecule has 0 aliphatic carbocycles. The van der Waals surface area contributed by atoms with Crippen molar-refractivity contribution < 1.29 is 19.0 Å². The zero-order chi connectivity index (χ0) is 19.2. The van der Waals surface area contributed by atoms with Crippen LogP contribution in [-0.2, 0) is 11.2 Å². The molecule has 0 spiro atoms. The number of methoxy groups -OCH3 is 1. The lowest BCUT2D eigenvalue weighted by molar-refractivity contribution is 0.0636. The number of nitrogens with two attached hydrogens (primary N) is 1. The second kappa shape index (κ2) is 8.47. The van der Waals surface area contributed by atoms with Crippen LogP contribution in [0.3, 0.4) is 0 Å². The molecule has 2 aromatic carbocycles. The number of nitrogen functional groups attached to an aromatic ring is 1. The van der Waals surface area contributed by atoms with Gasteiger partial charge in [0.05, 0.1) is 13.7 Å². The highest BCUT2D eigenvalue weighted by molar-refractivity contribution is 5.84. The van der Waals surface area contributed by atoms with Gasteiger partial charge >= 0.3 is 6.09 Å². The van der Waals surface area contributed by atoms with Crippen molar-refractivity contribution in [3.05, 3.63) is 48.0 Å². The summed E-state index contributed by atoms with van der Waals surface area (Å²) in [7, 11) is 1.58. The Morgan fingerprint density at radius 3 is 2.38 bits per heavy atom. The van der Waals surface area contributed by atoms with Gasteiger partial charge in [-0.25, -0.2) is 4.79 Å². The highest BCUT2D eigenvalue weighted by Gasteiger charge is 2.16. The molecule has 0 atom stereocenters. The van der Waals surface area contributed by atoms with Crippen LogP contribution in [-0.4, -0.2) is 25.4 Å². The van der Waals surface area contributed by atoms with E-state index in [0.717, 1.165) is 12.0 Å². The van der Waals surface area contributed by atoms with Crippen LogP contribution in [0.4, 0.5) is 16.2 Å². The van der Waals surface area contributed by atoms with Crippen molar-refractivity contribution in [2.45, 2.75) is 32.8 Å². The van der Waals surface area contributed by atoms with Crippen LogP contribution in [0.15, 0.2) is 42.5 Å². The lowest BCUT2D eigenvalue weighted by Crippen LogP contribution is -2.27. The Morgan fingerprint density at radius 2 is 1.77 bits per heavy atom. The first-order valence-electron chi connectivity index (χ1n) is 8.42. The van der Waals surface area contributed by atoms with Gasteiger partial charge in [0.25, 0.3) is 0 Å². The second-order valence-corrected chi connectivity index (χ2v) is 6.83. The van der Waals surface area contributed by atoms with E-state index in [2.05, 4.69) is 5.32 Å². The average molecular weight is 358 g/mol. The molecule has 26 heavy (non-hydrogen) atoms. The molecule has 140 valence electrons. The number of hydrogen-bond donors (Lipinski definition) is 2. The first-order chi connectivity index (χ1) is 12.3. The maximum absolute atomic E-state index is 11.8. The Balaban J connectivity index is 1.85. The Kier molecular flexibility index (Phi) is 6.33. The van der Waals surface area contributed by atoms with Crippen LogP contribution in [0.2, 0.25) is 0 Å². The molecule has 2 aromatic rings. The minimum atomic E-state index is -0.523. The predicted molar refractivity (Wildman–Crippen MR) is 103 cm³/mol. The topological polar surface area (TPSA) is 82.8 Å². The molecule has 2 rings (SSSR count). The quantitative estimate of drug-likeness (QED) is 0.755. The van der Waals surface area contributed by atoms with Crippen LogP contribution >= 0.6 is 0 Å². The summed E-state index contributed by atoms with van der Waals surface area (Å²) < 4.78 is 16.3. The average Bonchev–Trinajstić information content (AvgIpc) is 2.56. The molecule has 0 fully saturated rings. The van der Waals surface area contributed by atoms with Crippen molar-refractivity contribution >= 4 is 17.5 Å². The van der Waals surface area contributed by atoms with Gasteiger partial charge in [0.2, 0.25) is 0 Å². The fourth-order valence-corrected chi connectivity index (χ4v) is 2.26. The van der Waals surface area contributed by atoms with Crippen molar-refractivity contribution in [3.63, 3.8) is 0 Å². The van der Waals surface area contributed by atoms with Crippen molar-refractivity contribution in [1.29, 1.82) is 0 Å². The third-order valence-electron chi connectivity index (χ3n) is 3.44. The van der Waals surface area contributed by atoms with Gasteiger partial charge in [-0.05, 0) is 50.6 Å². The molecule has 0 aromatic heterocycles. The number of carbonyl (C=O) groups is 1. The number of carbonyl (C=O) groups excluding carboxylic acids is 1. The van der Waals surface area contributed by atoms with E-state index in [9.17, 15) is 4.79 Å². The lowest BCUT2D eigenvalue weighted by Gasteiger charge is -2.19. The molecule has 0 heterocycles. The van der Waals surface area contributed by atoms with Crippen molar-refractivity contribution in [1.82, 2.24) is 0 Å². The zero-order valence-corrected chi connectivity index (χ0v) is 15.7. The van der Waals surface area contributed by atoms with E-state index in [0.29, 0.717) is 29.5 Å². The molecule has 1 amide bonds. The predicted octanol–water partition coefficient (Wildman–Crippen LogP) is 4.25. The summed E-state index contributed by atoms with van der Waals surface area (Å²) in [5.41, 5.74) is 7.61. The number of amides is 1.